The first-order valence-corrected chi connectivity index (χ1v) is 7.09. The van der Waals surface area contributed by atoms with E-state index in [1.165, 1.54) is 24.8 Å². The smallest absolute Gasteiger partial charge is 0.162 e. The summed E-state index contributed by atoms with van der Waals surface area (Å²) in [5.41, 5.74) is 4.55. The van der Waals surface area contributed by atoms with Gasteiger partial charge >= 0.3 is 0 Å². The number of hydrazine groups is 1. The number of anilines is 1. The van der Waals surface area contributed by atoms with E-state index in [0.29, 0.717) is 12.4 Å². The van der Waals surface area contributed by atoms with Crippen LogP contribution < -0.4 is 11.3 Å². The van der Waals surface area contributed by atoms with Crippen LogP contribution in [0.25, 0.3) is 0 Å². The second-order valence-electron chi connectivity index (χ2n) is 5.47. The summed E-state index contributed by atoms with van der Waals surface area (Å²) in [6, 6.07) is 0. The molecule has 1 heterocycles. The Morgan fingerprint density at radius 1 is 1.21 bits per heavy atom. The van der Waals surface area contributed by atoms with Crippen LogP contribution in [0.15, 0.2) is 0 Å². The number of aromatic nitrogens is 2. The molecule has 3 N–H and O–H groups in total. The van der Waals surface area contributed by atoms with Gasteiger partial charge in [-0.25, -0.2) is 15.8 Å². The van der Waals surface area contributed by atoms with Gasteiger partial charge in [0.05, 0.1) is 0 Å². The van der Waals surface area contributed by atoms with Crippen molar-refractivity contribution in [1.82, 2.24) is 9.97 Å². The van der Waals surface area contributed by atoms with Crippen molar-refractivity contribution in [3.63, 3.8) is 0 Å². The molecule has 19 heavy (non-hydrogen) atoms. The zero-order valence-electron chi connectivity index (χ0n) is 12.1. The molecule has 1 aromatic heterocycles. The van der Waals surface area contributed by atoms with Gasteiger partial charge in [-0.1, -0.05) is 6.42 Å². The number of hydrogen-bond donors (Lipinski definition) is 2. The minimum Gasteiger partial charge on any atom is -0.368 e. The summed E-state index contributed by atoms with van der Waals surface area (Å²) in [7, 11) is 0. The average molecular weight is 264 g/mol. The van der Waals surface area contributed by atoms with Crippen LogP contribution in [0.3, 0.4) is 0 Å². The molecule has 0 radical (unpaired) electrons. The first-order valence-electron chi connectivity index (χ1n) is 7.09. The molecule has 5 heteroatoms. The van der Waals surface area contributed by atoms with E-state index >= 15 is 0 Å². The number of hydrogen-bond acceptors (Lipinski definition) is 5. The molecule has 0 bridgehead atoms. The van der Waals surface area contributed by atoms with E-state index in [1.807, 2.05) is 20.8 Å². The lowest BCUT2D eigenvalue weighted by molar-refractivity contribution is -0.0208. The number of nitrogens with two attached hydrogens (primary N) is 1. The number of rotatable bonds is 4. The predicted octanol–water partition coefficient (Wildman–Crippen LogP) is 2.30. The highest BCUT2D eigenvalue weighted by molar-refractivity contribution is 5.46. The van der Waals surface area contributed by atoms with Crippen LogP contribution in [0.1, 0.15) is 57.1 Å². The second-order valence-corrected chi connectivity index (χ2v) is 5.47. The SMILES string of the molecule is CCOC(C)(C)c1nc2c(c(NN)n1)CCCCC2. The fourth-order valence-corrected chi connectivity index (χ4v) is 2.58. The summed E-state index contributed by atoms with van der Waals surface area (Å²) in [4.78, 5) is 9.30. The number of aryl methyl sites for hydroxylation is 1. The molecule has 2 rings (SSSR count). The number of nitrogen functional groups attached to an aromatic ring is 1. The van der Waals surface area contributed by atoms with Crippen molar-refractivity contribution in [2.45, 2.75) is 58.5 Å². The molecule has 0 spiro atoms. The molecular weight excluding hydrogens is 240 g/mol. The van der Waals surface area contributed by atoms with E-state index in [4.69, 9.17) is 15.6 Å². The molecule has 5 nitrogen and oxygen atoms in total. The van der Waals surface area contributed by atoms with Crippen molar-refractivity contribution in [2.24, 2.45) is 5.84 Å². The second kappa shape index (κ2) is 5.84. The maximum atomic E-state index is 5.74. The van der Waals surface area contributed by atoms with Crippen LogP contribution >= 0.6 is 0 Å². The molecule has 1 aliphatic rings. The third kappa shape index (κ3) is 3.04. The van der Waals surface area contributed by atoms with Crippen LogP contribution in [-0.2, 0) is 23.2 Å². The van der Waals surface area contributed by atoms with Gasteiger partial charge in [0.25, 0.3) is 0 Å². The molecule has 0 saturated carbocycles. The van der Waals surface area contributed by atoms with Crippen LogP contribution in [0, 0.1) is 0 Å². The fraction of sp³-hybridized carbons (Fsp3) is 0.714. The largest absolute Gasteiger partial charge is 0.368 e. The summed E-state index contributed by atoms with van der Waals surface area (Å²) >= 11 is 0. The lowest BCUT2D eigenvalue weighted by Crippen LogP contribution is -2.27. The van der Waals surface area contributed by atoms with E-state index < -0.39 is 5.60 Å². The monoisotopic (exact) mass is 264 g/mol. The van der Waals surface area contributed by atoms with Crippen molar-refractivity contribution < 1.29 is 4.74 Å². The zero-order chi connectivity index (χ0) is 13.9. The summed E-state index contributed by atoms with van der Waals surface area (Å²) < 4.78 is 5.74. The molecular formula is C14H24N4O. The summed E-state index contributed by atoms with van der Waals surface area (Å²) in [6.45, 7) is 6.61. The van der Waals surface area contributed by atoms with Gasteiger partial charge in [-0.05, 0) is 46.5 Å². The maximum Gasteiger partial charge on any atom is 0.162 e. The van der Waals surface area contributed by atoms with Crippen molar-refractivity contribution in [1.29, 1.82) is 0 Å². The van der Waals surface area contributed by atoms with Crippen LogP contribution in [0.4, 0.5) is 5.82 Å². The summed E-state index contributed by atoms with van der Waals surface area (Å²) in [5.74, 6) is 7.10. The Morgan fingerprint density at radius 2 is 1.95 bits per heavy atom. The van der Waals surface area contributed by atoms with Gasteiger partial charge in [0, 0.05) is 17.9 Å². The van der Waals surface area contributed by atoms with E-state index in [1.54, 1.807) is 0 Å². The molecule has 1 aromatic rings. The van der Waals surface area contributed by atoms with E-state index in [2.05, 4.69) is 10.4 Å². The molecule has 0 unspecified atom stereocenters. The predicted molar refractivity (Wildman–Crippen MR) is 75.8 cm³/mol. The van der Waals surface area contributed by atoms with E-state index in [9.17, 15) is 0 Å². The minimum atomic E-state index is -0.484. The first-order chi connectivity index (χ1) is 9.08. The van der Waals surface area contributed by atoms with Gasteiger partial charge in [0.15, 0.2) is 5.82 Å². The Balaban J connectivity index is 2.44. The number of fused-ring (bicyclic) bond motifs is 1. The van der Waals surface area contributed by atoms with Crippen LogP contribution in [0.2, 0.25) is 0 Å². The third-order valence-corrected chi connectivity index (χ3v) is 3.61. The van der Waals surface area contributed by atoms with Crippen molar-refractivity contribution in [2.75, 3.05) is 12.0 Å². The van der Waals surface area contributed by atoms with Crippen molar-refractivity contribution in [3.05, 3.63) is 17.1 Å². The highest BCUT2D eigenvalue weighted by Crippen LogP contribution is 2.28. The molecule has 0 fully saturated rings. The molecule has 0 saturated heterocycles. The van der Waals surface area contributed by atoms with Gasteiger partial charge in [-0.2, -0.15) is 0 Å². The maximum absolute atomic E-state index is 5.74. The molecule has 0 aliphatic heterocycles. The third-order valence-electron chi connectivity index (χ3n) is 3.61. The highest BCUT2D eigenvalue weighted by Gasteiger charge is 2.27. The fourth-order valence-electron chi connectivity index (χ4n) is 2.58. The number of nitrogens with one attached hydrogen (secondary N) is 1. The lowest BCUT2D eigenvalue weighted by atomic mass is 10.1. The van der Waals surface area contributed by atoms with E-state index in [0.717, 1.165) is 24.4 Å². The molecule has 1 aliphatic carbocycles. The standard InChI is InChI=1S/C14H24N4O/c1-4-19-14(2,3)13-16-11-9-7-5-6-8-10(11)12(17-13)18-15/h4-9,15H2,1-3H3,(H,16,17,18). The molecule has 0 aromatic carbocycles. The van der Waals surface area contributed by atoms with Gasteiger partial charge in [0.2, 0.25) is 0 Å². The van der Waals surface area contributed by atoms with Crippen LogP contribution in [-0.4, -0.2) is 16.6 Å². The van der Waals surface area contributed by atoms with Crippen LogP contribution in [0.5, 0.6) is 0 Å². The van der Waals surface area contributed by atoms with Gasteiger partial charge < -0.3 is 10.2 Å². The molecule has 0 amide bonds. The van der Waals surface area contributed by atoms with Crippen molar-refractivity contribution >= 4 is 5.82 Å². The Bertz CT molecular complexity index is 445. The number of ether oxygens (including phenoxy) is 1. The molecule has 106 valence electrons. The quantitative estimate of drug-likeness (QED) is 0.496. The topological polar surface area (TPSA) is 73.1 Å². The first kappa shape index (κ1) is 14.2. The Kier molecular flexibility index (Phi) is 4.37. The Labute approximate surface area is 114 Å². The average Bonchev–Trinajstić information content (AvgIpc) is 2.62. The van der Waals surface area contributed by atoms with Gasteiger partial charge in [-0.15, -0.1) is 0 Å². The highest BCUT2D eigenvalue weighted by atomic mass is 16.5. The lowest BCUT2D eigenvalue weighted by Gasteiger charge is -2.25. The normalized spacial score (nSPS) is 15.8. The summed E-state index contributed by atoms with van der Waals surface area (Å²) in [6.07, 6.45) is 5.61. The van der Waals surface area contributed by atoms with Crippen molar-refractivity contribution in [3.8, 4) is 0 Å². The Morgan fingerprint density at radius 3 is 2.63 bits per heavy atom. The number of nitrogens with zero attached hydrogens (tertiary/aromatic N) is 2. The van der Waals surface area contributed by atoms with Gasteiger partial charge in [-0.3, -0.25) is 0 Å². The zero-order valence-corrected chi connectivity index (χ0v) is 12.1. The Hall–Kier alpha value is -1.20. The molecule has 0 atom stereocenters. The van der Waals surface area contributed by atoms with Gasteiger partial charge in [0.1, 0.15) is 11.4 Å². The summed E-state index contributed by atoms with van der Waals surface area (Å²) in [5, 5.41) is 0. The van der Waals surface area contributed by atoms with E-state index in [-0.39, 0.29) is 0 Å². The minimum absolute atomic E-state index is 0.484.